The average molecular weight is 282 g/mol. The third-order valence-corrected chi connectivity index (χ3v) is 3.15. The van der Waals surface area contributed by atoms with Gasteiger partial charge in [-0.05, 0) is 56.1 Å². The highest BCUT2D eigenvalue weighted by atomic mass is 35.5. The lowest BCUT2D eigenvalue weighted by molar-refractivity contribution is 0.413. The van der Waals surface area contributed by atoms with Crippen LogP contribution in [0.2, 0.25) is 5.02 Å². The fourth-order valence-corrected chi connectivity index (χ4v) is 2.05. The van der Waals surface area contributed by atoms with Crippen LogP contribution in [0.1, 0.15) is 32.8 Å². The van der Waals surface area contributed by atoms with Gasteiger partial charge in [-0.2, -0.15) is 0 Å². The highest BCUT2D eigenvalue weighted by molar-refractivity contribution is 6.30. The van der Waals surface area contributed by atoms with E-state index in [1.54, 1.807) is 7.11 Å². The molecule has 2 nitrogen and oxygen atoms in total. The molecule has 0 aliphatic carbocycles. The van der Waals surface area contributed by atoms with Gasteiger partial charge in [0.15, 0.2) is 0 Å². The topological polar surface area (TPSA) is 21.3 Å². The number of hydrogen-bond acceptors (Lipinski definition) is 2. The molecule has 3 heteroatoms. The molecule has 0 aliphatic rings. The Morgan fingerprint density at radius 2 is 2.16 bits per heavy atom. The molecule has 0 amide bonds. The van der Waals surface area contributed by atoms with Gasteiger partial charge >= 0.3 is 0 Å². The first kappa shape index (κ1) is 16.1. The first-order chi connectivity index (χ1) is 9.04. The molecule has 19 heavy (non-hydrogen) atoms. The zero-order valence-corrected chi connectivity index (χ0v) is 13.1. The van der Waals surface area contributed by atoms with Crippen molar-refractivity contribution in [2.24, 2.45) is 5.92 Å². The second-order valence-corrected chi connectivity index (χ2v) is 5.55. The summed E-state index contributed by atoms with van der Waals surface area (Å²) in [5, 5.41) is 4.17. The van der Waals surface area contributed by atoms with Gasteiger partial charge in [0.25, 0.3) is 0 Å². The van der Waals surface area contributed by atoms with E-state index < -0.39 is 0 Å². The fourth-order valence-electron chi connectivity index (χ4n) is 1.88. The van der Waals surface area contributed by atoms with Gasteiger partial charge in [0.05, 0.1) is 7.11 Å². The number of ether oxygens (including phenoxy) is 1. The first-order valence-electron chi connectivity index (χ1n) is 6.76. The Kier molecular flexibility index (Phi) is 6.96. The van der Waals surface area contributed by atoms with Crippen LogP contribution in [-0.2, 0) is 0 Å². The Balaban J connectivity index is 2.61. The summed E-state index contributed by atoms with van der Waals surface area (Å²) in [6, 6.07) is 5.71. The predicted octanol–water partition coefficient (Wildman–Crippen LogP) is 4.39. The van der Waals surface area contributed by atoms with Crippen molar-refractivity contribution in [3.63, 3.8) is 0 Å². The normalized spacial score (nSPS) is 12.0. The van der Waals surface area contributed by atoms with Crippen LogP contribution in [0.4, 0.5) is 0 Å². The molecule has 0 atom stereocenters. The van der Waals surface area contributed by atoms with E-state index in [9.17, 15) is 0 Å². The molecule has 1 rings (SSSR count). The van der Waals surface area contributed by atoms with Crippen molar-refractivity contribution >= 4 is 17.2 Å². The smallest absolute Gasteiger partial charge is 0.126 e. The van der Waals surface area contributed by atoms with E-state index in [1.807, 2.05) is 18.2 Å². The molecule has 0 radical (unpaired) electrons. The number of nitrogens with one attached hydrogen (secondary N) is 1. The molecule has 0 saturated heterocycles. The van der Waals surface area contributed by atoms with Crippen LogP contribution in [0.25, 0.3) is 5.57 Å². The first-order valence-corrected chi connectivity index (χ1v) is 7.13. The lowest BCUT2D eigenvalue weighted by atomic mass is 10.1. The molecule has 0 bridgehead atoms. The average Bonchev–Trinajstić information content (AvgIpc) is 2.37. The summed E-state index contributed by atoms with van der Waals surface area (Å²) < 4.78 is 5.37. The minimum atomic E-state index is 0.693. The third-order valence-electron chi connectivity index (χ3n) is 2.91. The fraction of sp³-hybridized carbons (Fsp3) is 0.500. The standard InChI is InChI=1S/C16H24ClNO/c1-12(2)11-18-9-5-6-13(3)15-10-14(17)7-8-16(15)19-4/h6-8,10,12,18H,5,9,11H2,1-4H3. The highest BCUT2D eigenvalue weighted by Crippen LogP contribution is 2.28. The number of benzene rings is 1. The van der Waals surface area contributed by atoms with Crippen LogP contribution in [0, 0.1) is 5.92 Å². The molecule has 0 fully saturated rings. The van der Waals surface area contributed by atoms with Crippen LogP contribution < -0.4 is 10.1 Å². The summed E-state index contributed by atoms with van der Waals surface area (Å²) >= 11 is 6.04. The summed E-state index contributed by atoms with van der Waals surface area (Å²) in [5.41, 5.74) is 2.27. The maximum atomic E-state index is 6.04. The molecule has 0 saturated carbocycles. The number of rotatable bonds is 7. The Morgan fingerprint density at radius 1 is 1.42 bits per heavy atom. The van der Waals surface area contributed by atoms with E-state index in [-0.39, 0.29) is 0 Å². The Hall–Kier alpha value is -0.990. The molecule has 1 N–H and O–H groups in total. The zero-order valence-electron chi connectivity index (χ0n) is 12.3. The van der Waals surface area contributed by atoms with Gasteiger partial charge in [0, 0.05) is 10.6 Å². The molecular formula is C16H24ClNO. The van der Waals surface area contributed by atoms with Crippen molar-refractivity contribution in [3.8, 4) is 5.75 Å². The van der Waals surface area contributed by atoms with E-state index in [0.29, 0.717) is 5.92 Å². The summed E-state index contributed by atoms with van der Waals surface area (Å²) in [4.78, 5) is 0. The summed E-state index contributed by atoms with van der Waals surface area (Å²) in [5.74, 6) is 1.56. The van der Waals surface area contributed by atoms with Crippen LogP contribution >= 0.6 is 11.6 Å². The van der Waals surface area contributed by atoms with Crippen molar-refractivity contribution in [2.45, 2.75) is 27.2 Å². The molecule has 0 spiro atoms. The van der Waals surface area contributed by atoms with E-state index in [0.717, 1.165) is 35.8 Å². The number of hydrogen-bond donors (Lipinski definition) is 1. The van der Waals surface area contributed by atoms with Crippen LogP contribution in [-0.4, -0.2) is 20.2 Å². The van der Waals surface area contributed by atoms with Crippen molar-refractivity contribution in [2.75, 3.05) is 20.2 Å². The SMILES string of the molecule is COc1ccc(Cl)cc1C(C)=CCCNCC(C)C. The van der Waals surface area contributed by atoms with Crippen LogP contribution in [0.3, 0.4) is 0 Å². The van der Waals surface area contributed by atoms with Crippen LogP contribution in [0.5, 0.6) is 5.75 Å². The van der Waals surface area contributed by atoms with Crippen molar-refractivity contribution in [1.82, 2.24) is 5.32 Å². The lowest BCUT2D eigenvalue weighted by Crippen LogP contribution is -2.20. The van der Waals surface area contributed by atoms with E-state index in [4.69, 9.17) is 16.3 Å². The van der Waals surface area contributed by atoms with Gasteiger partial charge < -0.3 is 10.1 Å². The summed E-state index contributed by atoms with van der Waals surface area (Å²) in [6.07, 6.45) is 3.23. The maximum absolute atomic E-state index is 6.04. The van der Waals surface area contributed by atoms with E-state index in [2.05, 4.69) is 32.2 Å². The van der Waals surface area contributed by atoms with Gasteiger partial charge in [0.2, 0.25) is 0 Å². The molecule has 1 aromatic carbocycles. The van der Waals surface area contributed by atoms with Crippen molar-refractivity contribution in [3.05, 3.63) is 34.9 Å². The maximum Gasteiger partial charge on any atom is 0.126 e. The van der Waals surface area contributed by atoms with Gasteiger partial charge in [-0.25, -0.2) is 0 Å². The second-order valence-electron chi connectivity index (χ2n) is 5.12. The third kappa shape index (κ3) is 5.66. The van der Waals surface area contributed by atoms with Crippen molar-refractivity contribution in [1.29, 1.82) is 0 Å². The molecular weight excluding hydrogens is 258 g/mol. The van der Waals surface area contributed by atoms with Crippen molar-refractivity contribution < 1.29 is 4.74 Å². The second kappa shape index (κ2) is 8.23. The minimum absolute atomic E-state index is 0.693. The Morgan fingerprint density at radius 3 is 2.79 bits per heavy atom. The molecule has 0 aromatic heterocycles. The van der Waals surface area contributed by atoms with Crippen LogP contribution in [0.15, 0.2) is 24.3 Å². The lowest BCUT2D eigenvalue weighted by Gasteiger charge is -2.10. The summed E-state index contributed by atoms with van der Waals surface area (Å²) in [7, 11) is 1.68. The van der Waals surface area contributed by atoms with Gasteiger partial charge in [-0.1, -0.05) is 31.5 Å². The summed E-state index contributed by atoms with van der Waals surface area (Å²) in [6.45, 7) is 8.58. The molecule has 0 heterocycles. The number of methoxy groups -OCH3 is 1. The predicted molar refractivity (Wildman–Crippen MR) is 84.0 cm³/mol. The molecule has 1 aromatic rings. The molecule has 0 unspecified atom stereocenters. The van der Waals surface area contributed by atoms with Gasteiger partial charge in [0.1, 0.15) is 5.75 Å². The zero-order chi connectivity index (χ0) is 14.3. The monoisotopic (exact) mass is 281 g/mol. The quantitative estimate of drug-likeness (QED) is 0.749. The van der Waals surface area contributed by atoms with E-state index in [1.165, 1.54) is 5.57 Å². The van der Waals surface area contributed by atoms with Gasteiger partial charge in [-0.15, -0.1) is 0 Å². The largest absolute Gasteiger partial charge is 0.496 e. The Bertz CT molecular complexity index is 427. The molecule has 106 valence electrons. The molecule has 0 aliphatic heterocycles. The highest BCUT2D eigenvalue weighted by Gasteiger charge is 2.05. The Labute approximate surface area is 121 Å². The number of allylic oxidation sites excluding steroid dienone is 1. The van der Waals surface area contributed by atoms with E-state index >= 15 is 0 Å². The number of halogens is 1. The van der Waals surface area contributed by atoms with Gasteiger partial charge in [-0.3, -0.25) is 0 Å². The minimum Gasteiger partial charge on any atom is -0.496 e.